The van der Waals surface area contributed by atoms with Crippen molar-refractivity contribution >= 4 is 21.7 Å². The average molecular weight is 294 g/mol. The fraction of sp³-hybridized carbons (Fsp3) is 0.222. The van der Waals surface area contributed by atoms with Gasteiger partial charge in [0.05, 0.1) is 0 Å². The summed E-state index contributed by atoms with van der Waals surface area (Å²) in [4.78, 5) is 3.97. The van der Waals surface area contributed by atoms with Crippen molar-refractivity contribution in [3.05, 3.63) is 35.1 Å². The van der Waals surface area contributed by atoms with E-state index in [1.54, 1.807) is 12.1 Å². The van der Waals surface area contributed by atoms with Gasteiger partial charge in [0.25, 0.3) is 0 Å². The van der Waals surface area contributed by atoms with Crippen LogP contribution in [0, 0.1) is 0 Å². The topological polar surface area (TPSA) is 28.2 Å². The highest BCUT2D eigenvalue weighted by atomic mass is 79.9. The Morgan fingerprint density at radius 1 is 1.38 bits per heavy atom. The second kappa shape index (κ2) is 4.06. The number of rotatable bonds is 1. The fourth-order valence-electron chi connectivity index (χ4n) is 1.24. The molecule has 0 spiro atoms. The van der Waals surface area contributed by atoms with Crippen molar-refractivity contribution < 1.29 is 13.2 Å². The van der Waals surface area contributed by atoms with Gasteiger partial charge in [0.15, 0.2) is 0 Å². The molecule has 0 amide bonds. The molecule has 86 valence electrons. The van der Waals surface area contributed by atoms with E-state index in [9.17, 15) is 13.2 Å². The zero-order valence-electron chi connectivity index (χ0n) is 7.87. The zero-order chi connectivity index (χ0) is 11.8. The number of alkyl halides is 3. The number of hydrogen-bond donors (Lipinski definition) is 1. The van der Waals surface area contributed by atoms with E-state index in [1.807, 2.05) is 0 Å². The van der Waals surface area contributed by atoms with E-state index in [-0.39, 0.29) is 0 Å². The van der Waals surface area contributed by atoms with Crippen LogP contribution in [0.4, 0.5) is 19.0 Å². The van der Waals surface area contributed by atoms with Crippen LogP contribution in [0.15, 0.2) is 35.1 Å². The Labute approximate surface area is 98.1 Å². The third-order valence-corrected chi connectivity index (χ3v) is 2.49. The predicted molar refractivity (Wildman–Crippen MR) is 56.5 cm³/mol. The molecule has 1 N–H and O–H groups in total. The van der Waals surface area contributed by atoms with Gasteiger partial charge >= 0.3 is 6.18 Å². The number of anilines is 1. The molecule has 1 atom stereocenters. The van der Waals surface area contributed by atoms with Crippen molar-refractivity contribution in [2.75, 3.05) is 5.01 Å². The van der Waals surface area contributed by atoms with E-state index >= 15 is 0 Å². The second-order valence-electron chi connectivity index (χ2n) is 3.19. The third-order valence-electron chi connectivity index (χ3n) is 2.02. The van der Waals surface area contributed by atoms with Gasteiger partial charge in [-0.2, -0.15) is 13.2 Å². The number of nitrogens with zero attached hydrogens (tertiary/aromatic N) is 2. The number of aromatic nitrogens is 1. The molecule has 1 unspecified atom stereocenters. The van der Waals surface area contributed by atoms with Gasteiger partial charge in [0.1, 0.15) is 11.9 Å². The summed E-state index contributed by atoms with van der Waals surface area (Å²) in [6.07, 6.45) is -0.412. The Balaban J connectivity index is 2.10. The van der Waals surface area contributed by atoms with Gasteiger partial charge in [0, 0.05) is 16.9 Å². The van der Waals surface area contributed by atoms with Crippen LogP contribution in [0.5, 0.6) is 0 Å². The van der Waals surface area contributed by atoms with Gasteiger partial charge in [-0.3, -0.25) is 5.01 Å². The van der Waals surface area contributed by atoms with Crippen molar-refractivity contribution in [1.29, 1.82) is 0 Å². The summed E-state index contributed by atoms with van der Waals surface area (Å²) in [7, 11) is 0. The lowest BCUT2D eigenvalue weighted by atomic mass is 10.3. The van der Waals surface area contributed by atoms with E-state index in [1.165, 1.54) is 17.4 Å². The van der Waals surface area contributed by atoms with Gasteiger partial charge in [-0.05, 0) is 34.1 Å². The minimum Gasteiger partial charge on any atom is -0.266 e. The van der Waals surface area contributed by atoms with Gasteiger partial charge in [-0.15, -0.1) is 0 Å². The van der Waals surface area contributed by atoms with Gasteiger partial charge in [-0.25, -0.2) is 10.4 Å². The Morgan fingerprint density at radius 2 is 2.12 bits per heavy atom. The molecule has 2 heterocycles. The molecule has 3 nitrogen and oxygen atoms in total. The Hall–Kier alpha value is -1.08. The van der Waals surface area contributed by atoms with Crippen LogP contribution in [0.25, 0.3) is 0 Å². The minimum absolute atomic E-state index is 0.409. The van der Waals surface area contributed by atoms with E-state index in [2.05, 4.69) is 26.3 Å². The van der Waals surface area contributed by atoms with Crippen LogP contribution in [-0.4, -0.2) is 17.2 Å². The summed E-state index contributed by atoms with van der Waals surface area (Å²) in [6.45, 7) is 0. The van der Waals surface area contributed by atoms with Gasteiger partial charge in [-0.1, -0.05) is 0 Å². The number of nitrogens with one attached hydrogen (secondary N) is 1. The fourth-order valence-corrected chi connectivity index (χ4v) is 1.48. The highest BCUT2D eigenvalue weighted by Crippen LogP contribution is 2.26. The maximum atomic E-state index is 12.3. The van der Waals surface area contributed by atoms with E-state index in [0.29, 0.717) is 5.82 Å². The number of halogens is 4. The van der Waals surface area contributed by atoms with E-state index < -0.39 is 12.2 Å². The highest BCUT2D eigenvalue weighted by molar-refractivity contribution is 9.10. The molecule has 1 aromatic heterocycles. The molecule has 7 heteroatoms. The first kappa shape index (κ1) is 11.4. The maximum absolute atomic E-state index is 12.3. The van der Waals surface area contributed by atoms with Crippen LogP contribution >= 0.6 is 15.9 Å². The molecule has 0 radical (unpaired) electrons. The first-order valence-corrected chi connectivity index (χ1v) is 5.18. The summed E-state index contributed by atoms with van der Waals surface area (Å²) in [5.41, 5.74) is 2.29. The molecule has 16 heavy (non-hydrogen) atoms. The summed E-state index contributed by atoms with van der Waals surface area (Å²) in [5, 5.41) is 1.24. The minimum atomic E-state index is -4.29. The molecule has 1 aliphatic rings. The van der Waals surface area contributed by atoms with E-state index in [0.717, 1.165) is 10.5 Å². The smallest absolute Gasteiger partial charge is 0.266 e. The molecule has 1 aliphatic heterocycles. The first-order valence-electron chi connectivity index (χ1n) is 4.39. The molecule has 0 bridgehead atoms. The SMILES string of the molecule is FC(F)(F)C1C=CN(c2ccc(Br)cn2)N1. The Morgan fingerprint density at radius 3 is 2.62 bits per heavy atom. The lowest BCUT2D eigenvalue weighted by molar-refractivity contribution is -0.142. The molecule has 0 aromatic carbocycles. The predicted octanol–water partition coefficient (Wildman–Crippen LogP) is 2.61. The average Bonchev–Trinajstić information content (AvgIpc) is 2.67. The van der Waals surface area contributed by atoms with Crippen molar-refractivity contribution in [3.63, 3.8) is 0 Å². The Kier molecular flexibility index (Phi) is 2.90. The van der Waals surface area contributed by atoms with Gasteiger partial charge < -0.3 is 0 Å². The number of hydrogen-bond acceptors (Lipinski definition) is 3. The quantitative estimate of drug-likeness (QED) is 0.863. The lowest BCUT2D eigenvalue weighted by Crippen LogP contribution is -2.44. The van der Waals surface area contributed by atoms with Crippen LogP contribution in [0.2, 0.25) is 0 Å². The molecule has 0 aliphatic carbocycles. The summed E-state index contributed by atoms with van der Waals surface area (Å²) >= 11 is 3.20. The molecule has 2 rings (SSSR count). The van der Waals surface area contributed by atoms with Crippen molar-refractivity contribution in [1.82, 2.24) is 10.4 Å². The maximum Gasteiger partial charge on any atom is 0.409 e. The summed E-state index contributed by atoms with van der Waals surface area (Å²) in [5.74, 6) is 0.409. The molecule has 1 aromatic rings. The van der Waals surface area contributed by atoms with Crippen molar-refractivity contribution in [2.24, 2.45) is 0 Å². The highest BCUT2D eigenvalue weighted by Gasteiger charge is 2.41. The molecular formula is C9H7BrF3N3. The van der Waals surface area contributed by atoms with Crippen molar-refractivity contribution in [3.8, 4) is 0 Å². The first-order chi connectivity index (χ1) is 7.47. The molecule has 0 fully saturated rings. The van der Waals surface area contributed by atoms with Crippen molar-refractivity contribution in [2.45, 2.75) is 12.2 Å². The largest absolute Gasteiger partial charge is 0.409 e. The normalized spacial score (nSPS) is 20.5. The monoisotopic (exact) mass is 293 g/mol. The second-order valence-corrected chi connectivity index (χ2v) is 4.11. The lowest BCUT2D eigenvalue weighted by Gasteiger charge is -2.20. The summed E-state index contributed by atoms with van der Waals surface area (Å²) < 4.78 is 37.8. The van der Waals surface area contributed by atoms with E-state index in [4.69, 9.17) is 0 Å². The summed E-state index contributed by atoms with van der Waals surface area (Å²) in [6, 6.07) is 1.66. The van der Waals surface area contributed by atoms with Crippen LogP contribution in [0.3, 0.4) is 0 Å². The third kappa shape index (κ3) is 2.35. The molecule has 0 saturated heterocycles. The molecule has 0 saturated carbocycles. The van der Waals surface area contributed by atoms with Crippen LogP contribution in [-0.2, 0) is 0 Å². The number of hydrazine groups is 1. The molecular weight excluding hydrogens is 287 g/mol. The van der Waals surface area contributed by atoms with Gasteiger partial charge in [0.2, 0.25) is 0 Å². The standard InChI is InChI=1S/C9H7BrF3N3/c10-6-1-2-8(14-5-6)16-4-3-7(15-16)9(11,12)13/h1-5,7,15H. The Bertz CT molecular complexity index is 401. The zero-order valence-corrected chi connectivity index (χ0v) is 9.46. The van der Waals surface area contributed by atoms with Crippen LogP contribution in [0.1, 0.15) is 0 Å². The number of pyridine rings is 1. The van der Waals surface area contributed by atoms with Crippen LogP contribution < -0.4 is 10.4 Å².